The van der Waals surface area contributed by atoms with Crippen LogP contribution in [0.1, 0.15) is 10.4 Å². The second-order valence-corrected chi connectivity index (χ2v) is 6.95. The van der Waals surface area contributed by atoms with Gasteiger partial charge in [-0.2, -0.15) is 0 Å². The van der Waals surface area contributed by atoms with E-state index in [2.05, 4.69) is 4.74 Å². The molecule has 142 valence electrons. The lowest BCUT2D eigenvalue weighted by molar-refractivity contribution is -0.275. The van der Waals surface area contributed by atoms with Crippen LogP contribution in [0.3, 0.4) is 0 Å². The van der Waals surface area contributed by atoms with Gasteiger partial charge in [-0.3, -0.25) is 9.69 Å². The first-order valence-corrected chi connectivity index (χ1v) is 8.91. The van der Waals surface area contributed by atoms with Crippen molar-refractivity contribution in [3.8, 4) is 5.75 Å². The van der Waals surface area contributed by atoms with Crippen molar-refractivity contribution >= 4 is 29.0 Å². The van der Waals surface area contributed by atoms with E-state index >= 15 is 0 Å². The highest BCUT2D eigenvalue weighted by Gasteiger charge is 2.33. The van der Waals surface area contributed by atoms with Crippen LogP contribution in [0.4, 0.5) is 28.9 Å². The van der Waals surface area contributed by atoms with Gasteiger partial charge in [0.25, 0.3) is 5.91 Å². The van der Waals surface area contributed by atoms with Crippen LogP contribution in [0, 0.1) is 5.82 Å². The van der Waals surface area contributed by atoms with Crippen molar-refractivity contribution in [1.82, 2.24) is 0 Å². The number of hydrogen-bond acceptors (Lipinski definition) is 3. The molecule has 8 heteroatoms. The highest BCUT2D eigenvalue weighted by atomic mass is 32.2. The zero-order chi connectivity index (χ0) is 19.9. The number of nitrogens with zero attached hydrogens (tertiary/aromatic N) is 1. The summed E-state index contributed by atoms with van der Waals surface area (Å²) >= 11 is 1.50. The summed E-state index contributed by atoms with van der Waals surface area (Å²) < 4.78 is 54.7. The summed E-state index contributed by atoms with van der Waals surface area (Å²) in [5, 5.41) is 0. The van der Waals surface area contributed by atoms with Gasteiger partial charge < -0.3 is 4.74 Å². The van der Waals surface area contributed by atoms with Gasteiger partial charge in [0.1, 0.15) is 0 Å². The molecule has 4 rings (SSSR count). The van der Waals surface area contributed by atoms with Gasteiger partial charge in [0.2, 0.25) is 0 Å². The predicted octanol–water partition coefficient (Wildman–Crippen LogP) is 6.17. The lowest BCUT2D eigenvalue weighted by atomic mass is 10.1. The Balaban J connectivity index is 1.76. The maximum absolute atomic E-state index is 14.1. The summed E-state index contributed by atoms with van der Waals surface area (Å²) in [5.41, 5.74) is 1.14. The molecule has 3 aromatic rings. The van der Waals surface area contributed by atoms with Crippen molar-refractivity contribution in [2.45, 2.75) is 16.2 Å². The molecule has 3 nitrogen and oxygen atoms in total. The molecule has 0 unspecified atom stereocenters. The van der Waals surface area contributed by atoms with Gasteiger partial charge in [0.15, 0.2) is 11.6 Å². The molecule has 0 aliphatic carbocycles. The van der Waals surface area contributed by atoms with Crippen molar-refractivity contribution < 1.29 is 27.1 Å². The van der Waals surface area contributed by atoms with Gasteiger partial charge in [-0.15, -0.1) is 13.2 Å². The average molecular weight is 405 g/mol. The van der Waals surface area contributed by atoms with Crippen molar-refractivity contribution in [2.24, 2.45) is 0 Å². The molecule has 1 amide bonds. The van der Waals surface area contributed by atoms with E-state index in [9.17, 15) is 22.4 Å². The highest BCUT2D eigenvalue weighted by molar-refractivity contribution is 7.99. The average Bonchev–Trinajstić information content (AvgIpc) is 2.66. The van der Waals surface area contributed by atoms with E-state index in [0.717, 1.165) is 28.0 Å². The van der Waals surface area contributed by atoms with Gasteiger partial charge in [-0.1, -0.05) is 36.0 Å². The molecule has 0 saturated carbocycles. The monoisotopic (exact) mass is 405 g/mol. The van der Waals surface area contributed by atoms with Gasteiger partial charge in [-0.05, 0) is 42.5 Å². The second kappa shape index (κ2) is 6.87. The van der Waals surface area contributed by atoms with E-state index in [1.165, 1.54) is 16.7 Å². The molecular weight excluding hydrogens is 394 g/mol. The topological polar surface area (TPSA) is 29.5 Å². The van der Waals surface area contributed by atoms with Crippen molar-refractivity contribution in [3.05, 3.63) is 78.1 Å². The van der Waals surface area contributed by atoms with E-state index in [4.69, 9.17) is 0 Å². The standard InChI is InChI=1S/C20H11F4NO2S/c21-13-11-12(9-10-16(13)27-20(22,23)24)19(26)25-14-5-1-3-7-17(14)28-18-8-4-2-6-15(18)25/h1-11H. The maximum atomic E-state index is 14.1. The van der Waals surface area contributed by atoms with E-state index in [1.54, 1.807) is 24.3 Å². The first-order valence-electron chi connectivity index (χ1n) is 8.09. The quantitative estimate of drug-likeness (QED) is 0.478. The van der Waals surface area contributed by atoms with Crippen LogP contribution in [0.2, 0.25) is 0 Å². The summed E-state index contributed by atoms with van der Waals surface area (Å²) in [6.45, 7) is 0. The second-order valence-electron chi connectivity index (χ2n) is 5.87. The molecule has 3 aromatic carbocycles. The summed E-state index contributed by atoms with van der Waals surface area (Å²) in [6, 6.07) is 17.1. The number of benzene rings is 3. The number of carbonyl (C=O) groups excluding carboxylic acids is 1. The highest BCUT2D eigenvalue weighted by Crippen LogP contribution is 2.48. The molecule has 0 saturated heterocycles. The van der Waals surface area contributed by atoms with Crippen molar-refractivity contribution in [2.75, 3.05) is 4.90 Å². The molecule has 0 atom stereocenters. The molecular formula is C20H11F4NO2S. The number of hydrogen-bond donors (Lipinski definition) is 0. The smallest absolute Gasteiger partial charge is 0.403 e. The zero-order valence-electron chi connectivity index (χ0n) is 14.0. The Kier molecular flexibility index (Phi) is 4.50. The minimum Gasteiger partial charge on any atom is -0.403 e. The third kappa shape index (κ3) is 3.43. The van der Waals surface area contributed by atoms with Gasteiger partial charge in [0.05, 0.1) is 11.4 Å². The van der Waals surface area contributed by atoms with E-state index in [-0.39, 0.29) is 5.56 Å². The third-order valence-corrected chi connectivity index (χ3v) is 5.17. The van der Waals surface area contributed by atoms with Crippen LogP contribution in [0.5, 0.6) is 5.75 Å². The maximum Gasteiger partial charge on any atom is 0.573 e. The largest absolute Gasteiger partial charge is 0.573 e. The Bertz CT molecular complexity index is 1020. The SMILES string of the molecule is O=C(c1ccc(OC(F)(F)F)c(F)c1)N1c2ccccc2Sc2ccccc21. The molecule has 0 aromatic heterocycles. The molecule has 1 heterocycles. The molecule has 0 spiro atoms. The molecule has 0 bridgehead atoms. The van der Waals surface area contributed by atoms with Gasteiger partial charge >= 0.3 is 6.36 Å². The van der Waals surface area contributed by atoms with E-state index in [1.807, 2.05) is 24.3 Å². The molecule has 0 N–H and O–H groups in total. The van der Waals surface area contributed by atoms with Crippen LogP contribution in [0.15, 0.2) is 76.5 Å². The summed E-state index contributed by atoms with van der Waals surface area (Å²) in [5.74, 6) is -2.81. The number of rotatable bonds is 2. The number of ether oxygens (including phenoxy) is 1. The summed E-state index contributed by atoms with van der Waals surface area (Å²) in [7, 11) is 0. The predicted molar refractivity (Wildman–Crippen MR) is 96.6 cm³/mol. The van der Waals surface area contributed by atoms with Crippen LogP contribution >= 0.6 is 11.8 Å². The summed E-state index contributed by atoms with van der Waals surface area (Å²) in [6.07, 6.45) is -5.02. The Morgan fingerprint density at radius 3 is 2.00 bits per heavy atom. The zero-order valence-corrected chi connectivity index (χ0v) is 14.9. The lowest BCUT2D eigenvalue weighted by Crippen LogP contribution is -2.28. The van der Waals surface area contributed by atoms with Crippen molar-refractivity contribution in [1.29, 1.82) is 0 Å². The normalized spacial score (nSPS) is 12.9. The lowest BCUT2D eigenvalue weighted by Gasteiger charge is -2.31. The molecule has 0 fully saturated rings. The van der Waals surface area contributed by atoms with Crippen LogP contribution in [-0.2, 0) is 0 Å². The number of fused-ring (bicyclic) bond motifs is 2. The van der Waals surface area contributed by atoms with Gasteiger partial charge in [0, 0.05) is 15.4 Å². The Labute approximate surface area is 161 Å². The minimum absolute atomic E-state index is 0.0940. The number of anilines is 2. The Morgan fingerprint density at radius 2 is 1.46 bits per heavy atom. The van der Waals surface area contributed by atoms with Crippen LogP contribution < -0.4 is 9.64 Å². The fourth-order valence-electron chi connectivity index (χ4n) is 2.89. The minimum atomic E-state index is -5.02. The first-order chi connectivity index (χ1) is 13.3. The first kappa shape index (κ1) is 18.4. The van der Waals surface area contributed by atoms with E-state index in [0.29, 0.717) is 11.4 Å². The van der Waals surface area contributed by atoms with E-state index < -0.39 is 23.8 Å². The number of alkyl halides is 3. The number of halogens is 4. The third-order valence-electron chi connectivity index (χ3n) is 4.04. The molecule has 0 radical (unpaired) electrons. The molecule has 1 aliphatic heterocycles. The number of carbonyl (C=O) groups is 1. The van der Waals surface area contributed by atoms with Crippen molar-refractivity contribution in [3.63, 3.8) is 0 Å². The fraction of sp³-hybridized carbons (Fsp3) is 0.0500. The Morgan fingerprint density at radius 1 is 0.893 bits per heavy atom. The number of amides is 1. The Hall–Kier alpha value is -3.00. The number of para-hydroxylation sites is 2. The van der Waals surface area contributed by atoms with Gasteiger partial charge in [-0.25, -0.2) is 4.39 Å². The van der Waals surface area contributed by atoms with Crippen LogP contribution in [0.25, 0.3) is 0 Å². The molecule has 1 aliphatic rings. The van der Waals surface area contributed by atoms with Crippen LogP contribution in [-0.4, -0.2) is 12.3 Å². The fourth-order valence-corrected chi connectivity index (χ4v) is 3.95. The summed E-state index contributed by atoms with van der Waals surface area (Å²) in [4.78, 5) is 16.3. The molecule has 28 heavy (non-hydrogen) atoms.